The molecule has 0 bridgehead atoms. The highest BCUT2D eigenvalue weighted by molar-refractivity contribution is 5.72. The highest BCUT2D eigenvalue weighted by Gasteiger charge is 2.32. The van der Waals surface area contributed by atoms with Crippen molar-refractivity contribution in [3.8, 4) is 0 Å². The molecule has 0 saturated carbocycles. The van der Waals surface area contributed by atoms with E-state index in [4.69, 9.17) is 9.84 Å². The molecule has 1 rings (SSSR count). The highest BCUT2D eigenvalue weighted by atomic mass is 16.6. The molecule has 102 valence electrons. The molecule has 1 amide bonds. The van der Waals surface area contributed by atoms with Gasteiger partial charge < -0.3 is 20.0 Å². The quantitative estimate of drug-likeness (QED) is 0.530. The van der Waals surface area contributed by atoms with Gasteiger partial charge in [0.25, 0.3) is 0 Å². The number of rotatable bonds is 7. The van der Waals surface area contributed by atoms with E-state index in [1.54, 1.807) is 0 Å². The Morgan fingerprint density at radius 2 is 2.39 bits per heavy atom. The van der Waals surface area contributed by atoms with Crippen LogP contribution in [0.25, 0.3) is 0 Å². The van der Waals surface area contributed by atoms with Crippen molar-refractivity contribution in [2.45, 2.75) is 51.2 Å². The number of carbonyl (C=O) groups is 3. The third-order valence-electron chi connectivity index (χ3n) is 3.11. The number of hydrogen-bond donors (Lipinski definition) is 2. The summed E-state index contributed by atoms with van der Waals surface area (Å²) >= 11 is 0. The molecule has 1 heterocycles. The van der Waals surface area contributed by atoms with Gasteiger partial charge in [-0.15, -0.1) is 0 Å². The molecule has 1 aliphatic rings. The van der Waals surface area contributed by atoms with Crippen LogP contribution in [-0.4, -0.2) is 35.6 Å². The van der Waals surface area contributed by atoms with Gasteiger partial charge in [0.1, 0.15) is 12.4 Å². The maximum atomic E-state index is 11.1. The predicted molar refractivity (Wildman–Crippen MR) is 63.1 cm³/mol. The number of esters is 1. The van der Waals surface area contributed by atoms with Crippen LogP contribution in [0.4, 0.5) is 4.79 Å². The zero-order valence-electron chi connectivity index (χ0n) is 10.4. The van der Waals surface area contributed by atoms with Crippen molar-refractivity contribution in [2.75, 3.05) is 0 Å². The average Bonchev–Trinajstić information content (AvgIpc) is 2.71. The minimum absolute atomic E-state index is 0.200. The van der Waals surface area contributed by atoms with Crippen molar-refractivity contribution >= 4 is 18.3 Å². The third-order valence-corrected chi connectivity index (χ3v) is 3.11. The average molecular weight is 257 g/mol. The molecule has 2 unspecified atom stereocenters. The summed E-state index contributed by atoms with van der Waals surface area (Å²) in [5, 5.41) is 11.2. The molecule has 1 aliphatic heterocycles. The molecular weight excluding hydrogens is 238 g/mol. The number of cyclic esters (lactones) is 1. The van der Waals surface area contributed by atoms with Crippen LogP contribution in [0.15, 0.2) is 0 Å². The molecule has 0 aromatic carbocycles. The molecule has 3 atom stereocenters. The second-order valence-electron chi connectivity index (χ2n) is 4.71. The summed E-state index contributed by atoms with van der Waals surface area (Å²) in [5.41, 5.74) is 0. The first-order valence-electron chi connectivity index (χ1n) is 6.15. The highest BCUT2D eigenvalue weighted by Crippen LogP contribution is 2.23. The third kappa shape index (κ3) is 4.73. The Bertz CT molecular complexity index is 318. The van der Waals surface area contributed by atoms with Crippen molar-refractivity contribution in [3.63, 3.8) is 0 Å². The molecular formula is C12H19NO5. The molecule has 6 nitrogen and oxygen atoms in total. The second-order valence-corrected chi connectivity index (χ2v) is 4.71. The van der Waals surface area contributed by atoms with Crippen LogP contribution < -0.4 is 5.32 Å². The van der Waals surface area contributed by atoms with E-state index >= 15 is 0 Å². The fourth-order valence-electron chi connectivity index (χ4n) is 2.20. The minimum atomic E-state index is -1.12. The predicted octanol–water partition coefficient (Wildman–Crippen LogP) is 1.33. The van der Waals surface area contributed by atoms with Gasteiger partial charge in [-0.3, -0.25) is 4.79 Å². The lowest BCUT2D eigenvalue weighted by Crippen LogP contribution is -2.43. The van der Waals surface area contributed by atoms with Crippen molar-refractivity contribution in [1.29, 1.82) is 0 Å². The lowest BCUT2D eigenvalue weighted by molar-refractivity contribution is -0.142. The van der Waals surface area contributed by atoms with E-state index in [9.17, 15) is 14.4 Å². The van der Waals surface area contributed by atoms with Crippen molar-refractivity contribution in [3.05, 3.63) is 0 Å². The number of ether oxygens (including phenoxy) is 1. The molecule has 6 heteroatoms. The molecule has 0 aromatic rings. The standard InChI is InChI=1S/C12H19NO5/c1-8(3-2-6-14)7-9(13-12(16)17)10-4-5-11(15)18-10/h6,8-10,13H,2-5,7H2,1H3,(H,16,17)/t8?,9-,10?/m1/s1. The summed E-state index contributed by atoms with van der Waals surface area (Å²) in [6.45, 7) is 1.96. The second kappa shape index (κ2) is 6.98. The monoisotopic (exact) mass is 257 g/mol. The smallest absolute Gasteiger partial charge is 0.405 e. The number of aldehydes is 1. The van der Waals surface area contributed by atoms with Gasteiger partial charge in [-0.2, -0.15) is 0 Å². The summed E-state index contributed by atoms with van der Waals surface area (Å²) < 4.78 is 5.10. The van der Waals surface area contributed by atoms with Crippen LogP contribution in [0.1, 0.15) is 39.0 Å². The van der Waals surface area contributed by atoms with Crippen molar-refractivity contribution in [1.82, 2.24) is 5.32 Å². The topological polar surface area (TPSA) is 92.7 Å². The fourth-order valence-corrected chi connectivity index (χ4v) is 2.20. The van der Waals surface area contributed by atoms with Crippen LogP contribution in [0, 0.1) is 5.92 Å². The summed E-state index contributed by atoms with van der Waals surface area (Å²) in [6.07, 6.45) is 1.98. The SMILES string of the molecule is CC(CCC=O)C[C@@H](NC(=O)O)C1CCC(=O)O1. The molecule has 1 fully saturated rings. The Kier molecular flexibility index (Phi) is 5.61. The van der Waals surface area contributed by atoms with E-state index in [1.165, 1.54) is 0 Å². The van der Waals surface area contributed by atoms with Crippen molar-refractivity contribution in [2.24, 2.45) is 5.92 Å². The lowest BCUT2D eigenvalue weighted by atomic mass is 9.93. The number of amides is 1. The fraction of sp³-hybridized carbons (Fsp3) is 0.750. The molecule has 0 aliphatic carbocycles. The van der Waals surface area contributed by atoms with Gasteiger partial charge in [0.2, 0.25) is 0 Å². The molecule has 0 radical (unpaired) electrons. The van der Waals surface area contributed by atoms with Gasteiger partial charge in [0, 0.05) is 12.8 Å². The molecule has 0 spiro atoms. The van der Waals surface area contributed by atoms with Gasteiger partial charge >= 0.3 is 12.1 Å². The molecule has 0 aromatic heterocycles. The van der Waals surface area contributed by atoms with Crippen LogP contribution in [0.2, 0.25) is 0 Å². The normalized spacial score (nSPS) is 22.1. The van der Waals surface area contributed by atoms with Gasteiger partial charge in [-0.25, -0.2) is 4.79 Å². The first kappa shape index (κ1) is 14.5. The van der Waals surface area contributed by atoms with Gasteiger partial charge in [0.05, 0.1) is 6.04 Å². The Morgan fingerprint density at radius 3 is 2.89 bits per heavy atom. The Balaban J connectivity index is 2.52. The maximum absolute atomic E-state index is 11.1. The van der Waals surface area contributed by atoms with Gasteiger partial charge in [-0.05, 0) is 25.2 Å². The van der Waals surface area contributed by atoms with E-state index < -0.39 is 12.1 Å². The summed E-state index contributed by atoms with van der Waals surface area (Å²) in [7, 11) is 0. The van der Waals surface area contributed by atoms with E-state index in [1.807, 2.05) is 6.92 Å². The van der Waals surface area contributed by atoms with E-state index in [2.05, 4.69) is 5.32 Å². The zero-order valence-corrected chi connectivity index (χ0v) is 10.4. The molecule has 2 N–H and O–H groups in total. The van der Waals surface area contributed by atoms with Gasteiger partial charge in [-0.1, -0.05) is 6.92 Å². The zero-order chi connectivity index (χ0) is 13.5. The van der Waals surface area contributed by atoms with Crippen LogP contribution in [0.5, 0.6) is 0 Å². The first-order valence-corrected chi connectivity index (χ1v) is 6.15. The molecule has 1 saturated heterocycles. The minimum Gasteiger partial charge on any atom is -0.465 e. The van der Waals surface area contributed by atoms with Crippen LogP contribution in [0.3, 0.4) is 0 Å². The maximum Gasteiger partial charge on any atom is 0.405 e. The van der Waals surface area contributed by atoms with Crippen LogP contribution in [-0.2, 0) is 14.3 Å². The van der Waals surface area contributed by atoms with E-state index in [0.29, 0.717) is 32.1 Å². The number of carboxylic acid groups (broad SMARTS) is 1. The van der Waals surface area contributed by atoms with Crippen LogP contribution >= 0.6 is 0 Å². The largest absolute Gasteiger partial charge is 0.465 e. The number of carbonyl (C=O) groups excluding carboxylic acids is 2. The lowest BCUT2D eigenvalue weighted by Gasteiger charge is -2.25. The Morgan fingerprint density at radius 1 is 1.67 bits per heavy atom. The van der Waals surface area contributed by atoms with Crippen molar-refractivity contribution < 1.29 is 24.2 Å². The Labute approximate surface area is 106 Å². The summed E-state index contributed by atoms with van der Waals surface area (Å²) in [4.78, 5) is 32.1. The molecule has 18 heavy (non-hydrogen) atoms. The Hall–Kier alpha value is -1.59. The number of hydrogen-bond acceptors (Lipinski definition) is 4. The van der Waals surface area contributed by atoms with E-state index in [-0.39, 0.29) is 18.0 Å². The summed E-state index contributed by atoms with van der Waals surface area (Å²) in [5.74, 6) is -0.0796. The van der Waals surface area contributed by atoms with E-state index in [0.717, 1.165) is 6.29 Å². The first-order chi connectivity index (χ1) is 8.52. The number of nitrogens with one attached hydrogen (secondary N) is 1. The van der Waals surface area contributed by atoms with Gasteiger partial charge in [0.15, 0.2) is 0 Å². The summed E-state index contributed by atoms with van der Waals surface area (Å²) in [6, 6.07) is -0.393.